The van der Waals surface area contributed by atoms with Crippen LogP contribution in [-0.4, -0.2) is 51.2 Å². The van der Waals surface area contributed by atoms with Crippen molar-refractivity contribution in [1.82, 2.24) is 10.2 Å². The molecule has 0 saturated heterocycles. The summed E-state index contributed by atoms with van der Waals surface area (Å²) in [7, 11) is 4.00. The van der Waals surface area contributed by atoms with Gasteiger partial charge >= 0.3 is 0 Å². The number of carbonyl (C=O) groups excluding carboxylic acids is 1. The average molecular weight is 218 g/mol. The molecule has 0 heterocycles. The quantitative estimate of drug-likeness (QED) is 0.651. The fourth-order valence-corrected chi connectivity index (χ4v) is 0.737. The standard InChI is InChI=1S/C9H20N2O2.C2H6/c1-4-9(12)10-5-7-13-8-6-11(2)3;1-2/h4-8H2,1-3H3,(H,10,12);1-2H3. The summed E-state index contributed by atoms with van der Waals surface area (Å²) in [5.41, 5.74) is 0. The fraction of sp³-hybridized carbons (Fsp3) is 0.909. The van der Waals surface area contributed by atoms with E-state index in [1.54, 1.807) is 0 Å². The molecule has 1 amide bonds. The summed E-state index contributed by atoms with van der Waals surface area (Å²) >= 11 is 0. The van der Waals surface area contributed by atoms with Gasteiger partial charge in [-0.2, -0.15) is 0 Å². The average Bonchev–Trinajstić information content (AvgIpc) is 2.25. The Morgan fingerprint density at radius 3 is 2.33 bits per heavy atom. The molecule has 0 aromatic carbocycles. The van der Waals surface area contributed by atoms with Gasteiger partial charge in [0.25, 0.3) is 0 Å². The summed E-state index contributed by atoms with van der Waals surface area (Å²) in [5, 5.41) is 2.74. The van der Waals surface area contributed by atoms with Crippen molar-refractivity contribution in [3.05, 3.63) is 0 Å². The zero-order valence-corrected chi connectivity index (χ0v) is 10.8. The number of hydrogen-bond acceptors (Lipinski definition) is 3. The van der Waals surface area contributed by atoms with Crippen LogP contribution >= 0.6 is 0 Å². The minimum atomic E-state index is 0.0798. The van der Waals surface area contributed by atoms with Crippen molar-refractivity contribution in [2.24, 2.45) is 0 Å². The third-order valence-electron chi connectivity index (χ3n) is 1.57. The van der Waals surface area contributed by atoms with Gasteiger partial charge in [0.1, 0.15) is 0 Å². The Morgan fingerprint density at radius 2 is 1.87 bits per heavy atom. The highest BCUT2D eigenvalue weighted by atomic mass is 16.5. The molecular weight excluding hydrogens is 192 g/mol. The normalized spacial score (nSPS) is 9.47. The van der Waals surface area contributed by atoms with Crippen molar-refractivity contribution in [2.45, 2.75) is 27.2 Å². The van der Waals surface area contributed by atoms with Crippen LogP contribution < -0.4 is 5.32 Å². The Bertz CT molecular complexity index is 139. The number of carbonyl (C=O) groups is 1. The number of nitrogens with zero attached hydrogens (tertiary/aromatic N) is 1. The van der Waals surface area contributed by atoms with Crippen molar-refractivity contribution in [3.63, 3.8) is 0 Å². The van der Waals surface area contributed by atoms with Crippen molar-refractivity contribution in [3.8, 4) is 0 Å². The lowest BCUT2D eigenvalue weighted by Crippen LogP contribution is -2.27. The van der Waals surface area contributed by atoms with Crippen LogP contribution in [0.15, 0.2) is 0 Å². The summed E-state index contributed by atoms with van der Waals surface area (Å²) < 4.78 is 5.28. The van der Waals surface area contributed by atoms with Gasteiger partial charge in [-0.25, -0.2) is 0 Å². The van der Waals surface area contributed by atoms with Gasteiger partial charge in [-0.3, -0.25) is 4.79 Å². The molecule has 0 fully saturated rings. The molecule has 92 valence electrons. The smallest absolute Gasteiger partial charge is 0.219 e. The number of nitrogens with one attached hydrogen (secondary N) is 1. The van der Waals surface area contributed by atoms with Gasteiger partial charge in [-0.15, -0.1) is 0 Å². The first-order chi connectivity index (χ1) is 7.16. The molecule has 0 aromatic heterocycles. The van der Waals surface area contributed by atoms with Crippen LogP contribution in [0.3, 0.4) is 0 Å². The van der Waals surface area contributed by atoms with E-state index in [2.05, 4.69) is 10.2 Å². The maximum absolute atomic E-state index is 10.8. The van der Waals surface area contributed by atoms with Crippen LogP contribution in [0.1, 0.15) is 27.2 Å². The van der Waals surface area contributed by atoms with Gasteiger partial charge in [-0.05, 0) is 14.1 Å². The summed E-state index contributed by atoms with van der Waals surface area (Å²) in [6.07, 6.45) is 0.539. The highest BCUT2D eigenvalue weighted by Crippen LogP contribution is 1.79. The van der Waals surface area contributed by atoms with E-state index < -0.39 is 0 Å². The molecule has 4 heteroatoms. The molecule has 0 aromatic rings. The van der Waals surface area contributed by atoms with Crippen LogP contribution in [0, 0.1) is 0 Å². The van der Waals surface area contributed by atoms with Crippen LogP contribution in [0.25, 0.3) is 0 Å². The lowest BCUT2D eigenvalue weighted by atomic mass is 10.4. The monoisotopic (exact) mass is 218 g/mol. The van der Waals surface area contributed by atoms with Gasteiger partial charge in [0, 0.05) is 19.5 Å². The Hall–Kier alpha value is -0.610. The van der Waals surface area contributed by atoms with Gasteiger partial charge < -0.3 is 15.0 Å². The number of rotatable bonds is 7. The fourth-order valence-electron chi connectivity index (χ4n) is 0.737. The number of amides is 1. The highest BCUT2D eigenvalue weighted by molar-refractivity contribution is 5.75. The summed E-state index contributed by atoms with van der Waals surface area (Å²) in [6, 6.07) is 0. The highest BCUT2D eigenvalue weighted by Gasteiger charge is 1.95. The Labute approximate surface area is 94.0 Å². The van der Waals surface area contributed by atoms with Crippen LogP contribution in [0.2, 0.25) is 0 Å². The number of hydrogen-bond donors (Lipinski definition) is 1. The van der Waals surface area contributed by atoms with E-state index in [-0.39, 0.29) is 5.91 Å². The summed E-state index contributed by atoms with van der Waals surface area (Å²) in [5.74, 6) is 0.0798. The Morgan fingerprint density at radius 1 is 1.27 bits per heavy atom. The van der Waals surface area contributed by atoms with Crippen molar-refractivity contribution >= 4 is 5.91 Å². The first kappa shape index (κ1) is 16.8. The maximum atomic E-state index is 10.8. The van der Waals surface area contributed by atoms with E-state index >= 15 is 0 Å². The molecule has 0 radical (unpaired) electrons. The minimum absolute atomic E-state index is 0.0798. The maximum Gasteiger partial charge on any atom is 0.219 e. The van der Waals surface area contributed by atoms with Gasteiger partial charge in [0.15, 0.2) is 0 Å². The minimum Gasteiger partial charge on any atom is -0.378 e. The molecule has 0 atom stereocenters. The summed E-state index contributed by atoms with van der Waals surface area (Å²) in [6.45, 7) is 8.68. The van der Waals surface area contributed by atoms with Gasteiger partial charge in [-0.1, -0.05) is 20.8 Å². The molecule has 0 rings (SSSR count). The lowest BCUT2D eigenvalue weighted by Gasteiger charge is -2.09. The van der Waals surface area contributed by atoms with Crippen molar-refractivity contribution in [2.75, 3.05) is 40.4 Å². The second-order valence-electron chi connectivity index (χ2n) is 3.12. The second kappa shape index (κ2) is 13.4. The molecule has 0 unspecified atom stereocenters. The van der Waals surface area contributed by atoms with Gasteiger partial charge in [0.2, 0.25) is 5.91 Å². The van der Waals surface area contributed by atoms with Crippen molar-refractivity contribution < 1.29 is 9.53 Å². The van der Waals surface area contributed by atoms with Gasteiger partial charge in [0.05, 0.1) is 13.2 Å². The zero-order valence-electron chi connectivity index (χ0n) is 10.8. The number of likely N-dealkylation sites (N-methyl/N-ethyl adjacent to an activating group) is 1. The lowest BCUT2D eigenvalue weighted by molar-refractivity contribution is -0.121. The number of ether oxygens (including phenoxy) is 1. The predicted molar refractivity (Wildman–Crippen MR) is 64.0 cm³/mol. The molecule has 1 N–H and O–H groups in total. The van der Waals surface area contributed by atoms with Crippen molar-refractivity contribution in [1.29, 1.82) is 0 Å². The Balaban J connectivity index is 0. The molecule has 15 heavy (non-hydrogen) atoms. The molecule has 0 spiro atoms. The van der Waals surface area contributed by atoms with E-state index in [9.17, 15) is 4.79 Å². The molecule has 4 nitrogen and oxygen atoms in total. The van der Waals surface area contributed by atoms with Crippen LogP contribution in [0.4, 0.5) is 0 Å². The molecule has 0 aliphatic carbocycles. The molecule has 0 aliphatic rings. The van der Waals surface area contributed by atoms with E-state index in [1.807, 2.05) is 34.9 Å². The SMILES string of the molecule is CC.CCC(=O)NCCOCCN(C)C. The topological polar surface area (TPSA) is 41.6 Å². The first-order valence-corrected chi connectivity index (χ1v) is 5.66. The largest absolute Gasteiger partial charge is 0.378 e. The van der Waals surface area contributed by atoms with Crippen LogP contribution in [0.5, 0.6) is 0 Å². The zero-order chi connectivity index (χ0) is 12.1. The molecule has 0 aliphatic heterocycles. The predicted octanol–water partition coefficient (Wildman–Crippen LogP) is 1.12. The summed E-state index contributed by atoms with van der Waals surface area (Å²) in [4.78, 5) is 12.8. The van der Waals surface area contributed by atoms with E-state index in [0.29, 0.717) is 19.6 Å². The van der Waals surface area contributed by atoms with E-state index in [4.69, 9.17) is 4.74 Å². The third-order valence-corrected chi connectivity index (χ3v) is 1.57. The molecular formula is C11H26N2O2. The van der Waals surface area contributed by atoms with E-state index in [1.165, 1.54) is 0 Å². The molecule has 0 bridgehead atoms. The van der Waals surface area contributed by atoms with E-state index in [0.717, 1.165) is 13.2 Å². The van der Waals surface area contributed by atoms with Crippen LogP contribution in [-0.2, 0) is 9.53 Å². The second-order valence-corrected chi connectivity index (χ2v) is 3.12. The molecule has 0 saturated carbocycles. The Kier molecular flexibility index (Phi) is 15.0. The first-order valence-electron chi connectivity index (χ1n) is 5.66. The third kappa shape index (κ3) is 16.1.